The fourth-order valence-corrected chi connectivity index (χ4v) is 4.82. The van der Waals surface area contributed by atoms with Gasteiger partial charge in [-0.25, -0.2) is 13.6 Å². The van der Waals surface area contributed by atoms with Crippen molar-refractivity contribution in [2.24, 2.45) is 5.14 Å². The second-order valence-corrected chi connectivity index (χ2v) is 9.82. The maximum absolute atomic E-state index is 12.1. The smallest absolute Gasteiger partial charge is 0.243 e. The van der Waals surface area contributed by atoms with E-state index in [0.717, 1.165) is 5.56 Å². The topological polar surface area (TPSA) is 114 Å². The van der Waals surface area contributed by atoms with Crippen LogP contribution < -0.4 is 9.88 Å². The molecule has 0 saturated heterocycles. The molecule has 0 radical (unpaired) electrons. The number of imidazole rings is 1. The number of carbonyl (C=O) groups is 1. The van der Waals surface area contributed by atoms with Gasteiger partial charge < -0.3 is 14.0 Å². The number of nitrogens with two attached hydrogens (primary N) is 1. The van der Waals surface area contributed by atoms with Crippen LogP contribution in [0.3, 0.4) is 0 Å². The number of rotatable bonds is 10. The molecule has 0 aliphatic carbocycles. The number of ether oxygens (including phenoxy) is 2. The minimum absolute atomic E-state index is 0.0101. The lowest BCUT2D eigenvalue weighted by Crippen LogP contribution is -2.13. The molecule has 0 amide bonds. The lowest BCUT2D eigenvalue weighted by atomic mass is 10.0. The Morgan fingerprint density at radius 1 is 1.00 bits per heavy atom. The SMILES string of the molecule is COCCOc1nc(-c2ccccc2)n(Cc2ccc(-c3ccccc3S(N)(=O)=O)cc2Cl)c1C=O. The minimum Gasteiger partial charge on any atom is -0.474 e. The summed E-state index contributed by atoms with van der Waals surface area (Å²) in [5.41, 5.74) is 2.82. The Bertz CT molecular complexity index is 1490. The van der Waals surface area contributed by atoms with Crippen molar-refractivity contribution in [3.8, 4) is 28.4 Å². The van der Waals surface area contributed by atoms with Crippen molar-refractivity contribution in [2.75, 3.05) is 20.3 Å². The number of nitrogens with zero attached hydrogens (tertiary/aromatic N) is 2. The highest BCUT2D eigenvalue weighted by Gasteiger charge is 2.21. The van der Waals surface area contributed by atoms with Gasteiger partial charge in [-0.3, -0.25) is 4.79 Å². The first kappa shape index (κ1) is 25.6. The molecule has 0 fully saturated rings. The van der Waals surface area contributed by atoms with Gasteiger partial charge in [0.2, 0.25) is 15.9 Å². The molecule has 0 aliphatic heterocycles. The van der Waals surface area contributed by atoms with Crippen molar-refractivity contribution in [3.05, 3.63) is 89.1 Å². The number of aldehydes is 1. The van der Waals surface area contributed by atoms with Gasteiger partial charge in [0.1, 0.15) is 18.1 Å². The van der Waals surface area contributed by atoms with E-state index < -0.39 is 10.0 Å². The van der Waals surface area contributed by atoms with Crippen LogP contribution in [0.4, 0.5) is 0 Å². The first-order valence-electron chi connectivity index (χ1n) is 11.0. The Hall–Kier alpha value is -3.50. The van der Waals surface area contributed by atoms with Crippen LogP contribution in [0.5, 0.6) is 5.88 Å². The van der Waals surface area contributed by atoms with Crippen LogP contribution in [0, 0.1) is 0 Å². The molecule has 0 bridgehead atoms. The third-order valence-corrected chi connectivity index (χ3v) is 6.85. The summed E-state index contributed by atoms with van der Waals surface area (Å²) in [7, 11) is -2.36. The maximum Gasteiger partial charge on any atom is 0.243 e. The normalized spacial score (nSPS) is 11.4. The van der Waals surface area contributed by atoms with E-state index in [4.69, 9.17) is 26.2 Å². The van der Waals surface area contributed by atoms with E-state index in [-0.39, 0.29) is 29.6 Å². The summed E-state index contributed by atoms with van der Waals surface area (Å²) in [6.07, 6.45) is 0.701. The van der Waals surface area contributed by atoms with Crippen molar-refractivity contribution in [1.82, 2.24) is 9.55 Å². The number of hydrogen-bond donors (Lipinski definition) is 1. The number of aromatic nitrogens is 2. The molecule has 3 aromatic carbocycles. The quantitative estimate of drug-likeness (QED) is 0.242. The van der Waals surface area contributed by atoms with Crippen molar-refractivity contribution >= 4 is 27.9 Å². The van der Waals surface area contributed by atoms with Gasteiger partial charge in [-0.15, -0.1) is 0 Å². The number of carbonyl (C=O) groups excluding carboxylic acids is 1. The van der Waals surface area contributed by atoms with Gasteiger partial charge in [-0.05, 0) is 23.3 Å². The maximum atomic E-state index is 12.1. The van der Waals surface area contributed by atoms with Crippen molar-refractivity contribution in [1.29, 1.82) is 0 Å². The third-order valence-electron chi connectivity index (χ3n) is 5.53. The molecule has 0 unspecified atom stereocenters. The average molecular weight is 526 g/mol. The molecule has 4 aromatic rings. The molecule has 0 spiro atoms. The van der Waals surface area contributed by atoms with Gasteiger partial charge in [-0.2, -0.15) is 4.98 Å². The highest BCUT2D eigenvalue weighted by atomic mass is 35.5. The minimum atomic E-state index is -3.92. The molecule has 186 valence electrons. The zero-order valence-electron chi connectivity index (χ0n) is 19.4. The molecule has 10 heteroatoms. The van der Waals surface area contributed by atoms with Crippen molar-refractivity contribution in [3.63, 3.8) is 0 Å². The summed E-state index contributed by atoms with van der Waals surface area (Å²) in [5.74, 6) is 0.751. The monoisotopic (exact) mass is 525 g/mol. The predicted octanol–water partition coefficient (Wildman–Crippen LogP) is 4.40. The Morgan fingerprint density at radius 2 is 1.72 bits per heavy atom. The number of methoxy groups -OCH3 is 1. The van der Waals surface area contributed by atoms with Crippen molar-refractivity contribution < 1.29 is 22.7 Å². The summed E-state index contributed by atoms with van der Waals surface area (Å²) in [6, 6.07) is 21.1. The predicted molar refractivity (Wildman–Crippen MR) is 138 cm³/mol. The first-order valence-corrected chi connectivity index (χ1v) is 12.9. The molecule has 36 heavy (non-hydrogen) atoms. The second-order valence-electron chi connectivity index (χ2n) is 7.88. The van der Waals surface area contributed by atoms with E-state index in [1.54, 1.807) is 48.1 Å². The Balaban J connectivity index is 1.76. The van der Waals surface area contributed by atoms with E-state index in [0.29, 0.717) is 40.4 Å². The van der Waals surface area contributed by atoms with E-state index in [9.17, 15) is 13.2 Å². The molecule has 2 N–H and O–H groups in total. The lowest BCUT2D eigenvalue weighted by molar-refractivity contribution is 0.110. The van der Waals surface area contributed by atoms with Crippen LogP contribution in [0.25, 0.3) is 22.5 Å². The molecule has 1 heterocycles. The van der Waals surface area contributed by atoms with Gasteiger partial charge in [-0.1, -0.05) is 72.3 Å². The summed E-state index contributed by atoms with van der Waals surface area (Å²) in [6.45, 7) is 0.815. The number of primary sulfonamides is 1. The summed E-state index contributed by atoms with van der Waals surface area (Å²) < 4.78 is 36.6. The molecule has 1 aromatic heterocycles. The number of hydrogen-bond acceptors (Lipinski definition) is 6. The zero-order chi connectivity index (χ0) is 25.7. The van der Waals surface area contributed by atoms with Crippen LogP contribution in [0.15, 0.2) is 77.7 Å². The Morgan fingerprint density at radius 3 is 2.39 bits per heavy atom. The fourth-order valence-electron chi connectivity index (χ4n) is 3.82. The molecule has 0 atom stereocenters. The van der Waals surface area contributed by atoms with E-state index >= 15 is 0 Å². The zero-order valence-corrected chi connectivity index (χ0v) is 21.0. The highest BCUT2D eigenvalue weighted by Crippen LogP contribution is 2.32. The summed E-state index contributed by atoms with van der Waals surface area (Å²) in [5, 5.41) is 5.78. The molecule has 8 nitrogen and oxygen atoms in total. The van der Waals surface area contributed by atoms with Gasteiger partial charge in [0, 0.05) is 23.3 Å². The van der Waals surface area contributed by atoms with Gasteiger partial charge in [0.05, 0.1) is 18.0 Å². The number of halogens is 1. The third kappa shape index (κ3) is 5.50. The van der Waals surface area contributed by atoms with Crippen molar-refractivity contribution in [2.45, 2.75) is 11.4 Å². The highest BCUT2D eigenvalue weighted by molar-refractivity contribution is 7.89. The molecular weight excluding hydrogens is 502 g/mol. The van der Waals surface area contributed by atoms with Gasteiger partial charge in [0.25, 0.3) is 0 Å². The largest absolute Gasteiger partial charge is 0.474 e. The van der Waals surface area contributed by atoms with Gasteiger partial charge in [0.15, 0.2) is 6.29 Å². The van der Waals surface area contributed by atoms with Crippen LogP contribution in [-0.2, 0) is 21.3 Å². The Kier molecular flexibility index (Phi) is 7.85. The van der Waals surface area contributed by atoms with E-state index in [1.165, 1.54) is 6.07 Å². The Labute approximate surface area is 214 Å². The molecule has 4 rings (SSSR count). The first-order chi connectivity index (χ1) is 17.3. The molecular formula is C26H24ClN3O5S. The van der Waals surface area contributed by atoms with Crippen LogP contribution in [0.1, 0.15) is 16.1 Å². The number of sulfonamides is 1. The fraction of sp³-hybridized carbons (Fsp3) is 0.154. The molecule has 0 saturated carbocycles. The second kappa shape index (κ2) is 11.0. The van der Waals surface area contributed by atoms with Crippen LogP contribution >= 0.6 is 11.6 Å². The average Bonchev–Trinajstić information content (AvgIpc) is 3.22. The lowest BCUT2D eigenvalue weighted by Gasteiger charge is -2.13. The summed E-state index contributed by atoms with van der Waals surface area (Å²) in [4.78, 5) is 16.7. The standard InChI is InChI=1S/C26H24ClN3O5S/c1-34-13-14-35-26-23(17-31)30(25(29-26)18-7-3-2-4-8-18)16-20-12-11-19(15-22(20)27)21-9-5-6-10-24(21)36(28,32)33/h2-12,15,17H,13-14,16H2,1H3,(H2,28,32,33). The van der Waals surface area contributed by atoms with Crippen LogP contribution in [-0.4, -0.2) is 44.6 Å². The van der Waals surface area contributed by atoms with Gasteiger partial charge >= 0.3 is 0 Å². The summed E-state index contributed by atoms with van der Waals surface area (Å²) >= 11 is 6.65. The number of benzene rings is 3. The van der Waals surface area contributed by atoms with E-state index in [1.807, 2.05) is 30.3 Å². The van der Waals surface area contributed by atoms with Crippen LogP contribution in [0.2, 0.25) is 5.02 Å². The van der Waals surface area contributed by atoms with E-state index in [2.05, 4.69) is 4.98 Å². The molecule has 0 aliphatic rings.